The number of likely N-dealkylation sites (N-methyl/N-ethyl adjacent to an activating group) is 1. The molecule has 0 unspecified atom stereocenters. The lowest BCUT2D eigenvalue weighted by Gasteiger charge is -2.23. The molecule has 0 radical (unpaired) electrons. The van der Waals surface area contributed by atoms with Crippen LogP contribution in [-0.2, 0) is 9.53 Å². The standard InChI is InChI=1S/C12H18N4O3/c1-3-16(7-11(14)17)9-6-15-10(13)5-8(9)12(18)19-4-2/h5-6H,3-4,7H2,1-2H3,(H2,13,15)(H2,14,17). The number of aromatic nitrogens is 1. The van der Waals surface area contributed by atoms with Gasteiger partial charge >= 0.3 is 5.97 Å². The van der Waals surface area contributed by atoms with Crippen molar-refractivity contribution in [1.29, 1.82) is 0 Å². The van der Waals surface area contributed by atoms with E-state index in [0.717, 1.165) is 0 Å². The quantitative estimate of drug-likeness (QED) is 0.709. The number of anilines is 2. The average molecular weight is 266 g/mol. The van der Waals surface area contributed by atoms with E-state index in [1.54, 1.807) is 11.8 Å². The monoisotopic (exact) mass is 266 g/mol. The molecule has 0 aliphatic rings. The summed E-state index contributed by atoms with van der Waals surface area (Å²) in [5.74, 6) is -0.787. The van der Waals surface area contributed by atoms with E-state index in [-0.39, 0.29) is 24.5 Å². The number of pyridine rings is 1. The van der Waals surface area contributed by atoms with Crippen LogP contribution < -0.4 is 16.4 Å². The zero-order chi connectivity index (χ0) is 14.4. The van der Waals surface area contributed by atoms with Gasteiger partial charge < -0.3 is 21.1 Å². The van der Waals surface area contributed by atoms with Crippen LogP contribution in [0.25, 0.3) is 0 Å². The predicted molar refractivity (Wildman–Crippen MR) is 71.7 cm³/mol. The molecule has 7 heteroatoms. The molecule has 1 heterocycles. The van der Waals surface area contributed by atoms with Crippen molar-refractivity contribution in [3.63, 3.8) is 0 Å². The second-order valence-corrected chi connectivity index (χ2v) is 3.83. The molecule has 0 aliphatic carbocycles. The Morgan fingerprint density at radius 1 is 1.42 bits per heavy atom. The number of esters is 1. The second-order valence-electron chi connectivity index (χ2n) is 3.83. The van der Waals surface area contributed by atoms with Crippen molar-refractivity contribution in [2.75, 3.05) is 30.3 Å². The number of hydrogen-bond acceptors (Lipinski definition) is 6. The van der Waals surface area contributed by atoms with Crippen LogP contribution in [-0.4, -0.2) is 36.6 Å². The van der Waals surface area contributed by atoms with E-state index in [9.17, 15) is 9.59 Å². The fourth-order valence-corrected chi connectivity index (χ4v) is 1.64. The fourth-order valence-electron chi connectivity index (χ4n) is 1.64. The van der Waals surface area contributed by atoms with Gasteiger partial charge in [0.15, 0.2) is 0 Å². The van der Waals surface area contributed by atoms with Crippen LogP contribution in [0.5, 0.6) is 0 Å². The number of carbonyl (C=O) groups is 2. The van der Waals surface area contributed by atoms with Crippen molar-refractivity contribution < 1.29 is 14.3 Å². The van der Waals surface area contributed by atoms with E-state index in [4.69, 9.17) is 16.2 Å². The molecule has 1 rings (SSSR count). The second kappa shape index (κ2) is 6.58. The molecule has 1 aromatic rings. The molecular weight excluding hydrogens is 248 g/mol. The number of nitrogens with two attached hydrogens (primary N) is 2. The molecular formula is C12H18N4O3. The van der Waals surface area contributed by atoms with Crippen molar-refractivity contribution in [1.82, 2.24) is 4.98 Å². The molecule has 0 spiro atoms. The molecule has 1 aromatic heterocycles. The molecule has 0 bridgehead atoms. The maximum Gasteiger partial charge on any atom is 0.340 e. The van der Waals surface area contributed by atoms with Gasteiger partial charge in [0, 0.05) is 6.54 Å². The SMILES string of the molecule is CCOC(=O)c1cc(N)ncc1N(CC)CC(N)=O. The number of ether oxygens (including phenoxy) is 1. The van der Waals surface area contributed by atoms with Crippen LogP contribution in [0.2, 0.25) is 0 Å². The summed E-state index contributed by atoms with van der Waals surface area (Å²) in [6.45, 7) is 4.30. The lowest BCUT2D eigenvalue weighted by molar-refractivity contribution is -0.116. The summed E-state index contributed by atoms with van der Waals surface area (Å²) in [7, 11) is 0. The summed E-state index contributed by atoms with van der Waals surface area (Å²) in [5.41, 5.74) is 11.5. The summed E-state index contributed by atoms with van der Waals surface area (Å²) < 4.78 is 4.96. The number of amides is 1. The third kappa shape index (κ3) is 3.84. The summed E-state index contributed by atoms with van der Waals surface area (Å²) in [6, 6.07) is 1.43. The minimum Gasteiger partial charge on any atom is -0.462 e. The summed E-state index contributed by atoms with van der Waals surface area (Å²) in [6.07, 6.45) is 1.44. The van der Waals surface area contributed by atoms with Crippen LogP contribution >= 0.6 is 0 Å². The number of nitrogens with zero attached hydrogens (tertiary/aromatic N) is 2. The zero-order valence-corrected chi connectivity index (χ0v) is 11.0. The highest BCUT2D eigenvalue weighted by Gasteiger charge is 2.19. The highest BCUT2D eigenvalue weighted by atomic mass is 16.5. The maximum atomic E-state index is 11.9. The third-order valence-corrected chi connectivity index (χ3v) is 2.47. The molecule has 0 aromatic carbocycles. The Bertz CT molecular complexity index is 476. The molecule has 0 saturated carbocycles. The Kier molecular flexibility index (Phi) is 5.11. The van der Waals surface area contributed by atoms with E-state index in [1.807, 2.05) is 6.92 Å². The number of nitrogen functional groups attached to an aromatic ring is 1. The predicted octanol–water partition coefficient (Wildman–Crippen LogP) is 0.152. The number of hydrogen-bond donors (Lipinski definition) is 2. The van der Waals surface area contributed by atoms with Crippen molar-refractivity contribution in [3.05, 3.63) is 17.8 Å². The number of rotatable bonds is 6. The van der Waals surface area contributed by atoms with Crippen molar-refractivity contribution >= 4 is 23.4 Å². The minimum atomic E-state index is -0.505. The molecule has 7 nitrogen and oxygen atoms in total. The number of carbonyl (C=O) groups excluding carboxylic acids is 2. The van der Waals surface area contributed by atoms with Gasteiger partial charge in [-0.1, -0.05) is 0 Å². The third-order valence-electron chi connectivity index (χ3n) is 2.47. The Morgan fingerprint density at radius 2 is 2.11 bits per heavy atom. The largest absolute Gasteiger partial charge is 0.462 e. The Balaban J connectivity index is 3.17. The molecule has 104 valence electrons. The first-order valence-corrected chi connectivity index (χ1v) is 5.95. The van der Waals surface area contributed by atoms with Crippen LogP contribution in [0, 0.1) is 0 Å². The Labute approximate surface area is 111 Å². The summed E-state index contributed by atoms with van der Waals surface area (Å²) in [5, 5.41) is 0. The molecule has 19 heavy (non-hydrogen) atoms. The molecule has 0 saturated heterocycles. The van der Waals surface area contributed by atoms with Gasteiger partial charge in [-0.3, -0.25) is 4.79 Å². The topological polar surface area (TPSA) is 112 Å². The van der Waals surface area contributed by atoms with Crippen LogP contribution in [0.15, 0.2) is 12.3 Å². The van der Waals surface area contributed by atoms with Gasteiger partial charge in [-0.2, -0.15) is 0 Å². The lowest BCUT2D eigenvalue weighted by Crippen LogP contribution is -2.34. The summed E-state index contributed by atoms with van der Waals surface area (Å²) >= 11 is 0. The minimum absolute atomic E-state index is 0.00545. The fraction of sp³-hybridized carbons (Fsp3) is 0.417. The molecule has 0 fully saturated rings. The van der Waals surface area contributed by atoms with E-state index < -0.39 is 11.9 Å². The van der Waals surface area contributed by atoms with Crippen LogP contribution in [0.3, 0.4) is 0 Å². The van der Waals surface area contributed by atoms with Gasteiger partial charge in [-0.15, -0.1) is 0 Å². The van der Waals surface area contributed by atoms with Crippen LogP contribution in [0.1, 0.15) is 24.2 Å². The average Bonchev–Trinajstić information content (AvgIpc) is 2.36. The van der Waals surface area contributed by atoms with Crippen LogP contribution in [0.4, 0.5) is 11.5 Å². The molecule has 4 N–H and O–H groups in total. The highest BCUT2D eigenvalue weighted by molar-refractivity contribution is 5.97. The first-order valence-electron chi connectivity index (χ1n) is 5.95. The van der Waals surface area contributed by atoms with Gasteiger partial charge in [-0.25, -0.2) is 9.78 Å². The lowest BCUT2D eigenvalue weighted by atomic mass is 10.2. The van der Waals surface area contributed by atoms with Gasteiger partial charge in [0.25, 0.3) is 0 Å². The van der Waals surface area contributed by atoms with E-state index in [0.29, 0.717) is 12.2 Å². The van der Waals surface area contributed by atoms with Crippen molar-refractivity contribution in [2.24, 2.45) is 5.73 Å². The first kappa shape index (κ1) is 14.7. The summed E-state index contributed by atoms with van der Waals surface area (Å²) in [4.78, 5) is 28.5. The van der Waals surface area contributed by atoms with Gasteiger partial charge in [0.2, 0.25) is 5.91 Å². The van der Waals surface area contributed by atoms with Gasteiger partial charge in [0.1, 0.15) is 5.82 Å². The van der Waals surface area contributed by atoms with Gasteiger partial charge in [0.05, 0.1) is 30.6 Å². The Morgan fingerprint density at radius 3 is 2.63 bits per heavy atom. The maximum absolute atomic E-state index is 11.9. The smallest absolute Gasteiger partial charge is 0.340 e. The molecule has 0 aliphatic heterocycles. The first-order chi connectivity index (χ1) is 8.99. The van der Waals surface area contributed by atoms with E-state index >= 15 is 0 Å². The normalized spacial score (nSPS) is 10.0. The number of primary amides is 1. The van der Waals surface area contributed by atoms with Crippen molar-refractivity contribution in [3.8, 4) is 0 Å². The van der Waals surface area contributed by atoms with Crippen molar-refractivity contribution in [2.45, 2.75) is 13.8 Å². The zero-order valence-electron chi connectivity index (χ0n) is 11.0. The van der Waals surface area contributed by atoms with E-state index in [2.05, 4.69) is 4.98 Å². The molecule has 1 amide bonds. The van der Waals surface area contributed by atoms with Gasteiger partial charge in [-0.05, 0) is 19.9 Å². The van der Waals surface area contributed by atoms with E-state index in [1.165, 1.54) is 12.3 Å². The Hall–Kier alpha value is -2.31. The highest BCUT2D eigenvalue weighted by Crippen LogP contribution is 2.22. The molecule has 0 atom stereocenters.